The van der Waals surface area contributed by atoms with Gasteiger partial charge in [0.2, 0.25) is 5.91 Å². The minimum atomic E-state index is -3.09. The van der Waals surface area contributed by atoms with E-state index >= 15 is 0 Å². The highest BCUT2D eigenvalue weighted by Crippen LogP contribution is 2.31. The van der Waals surface area contributed by atoms with E-state index in [1.54, 1.807) is 11.8 Å². The van der Waals surface area contributed by atoms with Gasteiger partial charge in [-0.15, -0.1) is 0 Å². The molecule has 19 heavy (non-hydrogen) atoms. The van der Waals surface area contributed by atoms with E-state index in [0.717, 1.165) is 12.8 Å². The first-order valence-electron chi connectivity index (χ1n) is 6.54. The zero-order valence-electron chi connectivity index (χ0n) is 10.9. The summed E-state index contributed by atoms with van der Waals surface area (Å²) in [6.45, 7) is 1.74. The first kappa shape index (κ1) is 14.3. The number of nitrogens with zero attached hydrogens (tertiary/aromatic N) is 1. The van der Waals surface area contributed by atoms with Gasteiger partial charge >= 0.3 is 5.97 Å². The van der Waals surface area contributed by atoms with E-state index in [0.29, 0.717) is 6.42 Å². The van der Waals surface area contributed by atoms with Crippen LogP contribution in [0.4, 0.5) is 0 Å². The monoisotopic (exact) mass is 289 g/mol. The zero-order chi connectivity index (χ0) is 14.2. The summed E-state index contributed by atoms with van der Waals surface area (Å²) < 4.78 is 22.8. The highest BCUT2D eigenvalue weighted by Gasteiger charge is 2.41. The largest absolute Gasteiger partial charge is 0.481 e. The summed E-state index contributed by atoms with van der Waals surface area (Å²) >= 11 is 0. The van der Waals surface area contributed by atoms with Gasteiger partial charge in [0.15, 0.2) is 9.84 Å². The molecule has 108 valence electrons. The summed E-state index contributed by atoms with van der Waals surface area (Å²) in [4.78, 5) is 24.8. The van der Waals surface area contributed by atoms with Crippen LogP contribution in [0.2, 0.25) is 0 Å². The van der Waals surface area contributed by atoms with Crippen LogP contribution < -0.4 is 0 Å². The van der Waals surface area contributed by atoms with Crippen LogP contribution in [0.1, 0.15) is 26.2 Å². The molecule has 7 heteroatoms. The quantitative estimate of drug-likeness (QED) is 0.777. The van der Waals surface area contributed by atoms with Crippen molar-refractivity contribution in [1.29, 1.82) is 0 Å². The van der Waals surface area contributed by atoms with Crippen molar-refractivity contribution < 1.29 is 23.1 Å². The average molecular weight is 289 g/mol. The second-order valence-electron chi connectivity index (χ2n) is 5.56. The normalized spacial score (nSPS) is 26.9. The van der Waals surface area contributed by atoms with Gasteiger partial charge in [0, 0.05) is 12.6 Å². The van der Waals surface area contributed by atoms with Crippen molar-refractivity contribution in [3.63, 3.8) is 0 Å². The number of hydrogen-bond donors (Lipinski definition) is 1. The molecule has 0 aromatic rings. The fraction of sp³-hybridized carbons (Fsp3) is 0.833. The van der Waals surface area contributed by atoms with Gasteiger partial charge in [-0.25, -0.2) is 8.42 Å². The molecule has 2 unspecified atom stereocenters. The maximum atomic E-state index is 12.3. The molecule has 1 heterocycles. The van der Waals surface area contributed by atoms with Crippen molar-refractivity contribution >= 4 is 21.7 Å². The molecule has 6 nitrogen and oxygen atoms in total. The van der Waals surface area contributed by atoms with E-state index < -0.39 is 27.6 Å². The lowest BCUT2D eigenvalue weighted by Gasteiger charge is -2.26. The number of hydrogen-bond acceptors (Lipinski definition) is 4. The van der Waals surface area contributed by atoms with Gasteiger partial charge in [0.05, 0.1) is 23.3 Å². The molecular formula is C12H19NO5S. The van der Waals surface area contributed by atoms with Crippen LogP contribution in [-0.4, -0.2) is 54.4 Å². The third-order valence-corrected chi connectivity index (χ3v) is 5.51. The molecule has 0 aromatic heterocycles. The van der Waals surface area contributed by atoms with E-state index in [4.69, 9.17) is 5.11 Å². The molecule has 1 saturated heterocycles. The van der Waals surface area contributed by atoms with Gasteiger partial charge in [0.25, 0.3) is 0 Å². The predicted octanol–water partition coefficient (Wildman–Crippen LogP) is 0.133. The Morgan fingerprint density at radius 3 is 2.37 bits per heavy atom. The highest BCUT2D eigenvalue weighted by atomic mass is 32.2. The first-order valence-corrected chi connectivity index (χ1v) is 8.36. The zero-order valence-corrected chi connectivity index (χ0v) is 11.7. The number of carbonyl (C=O) groups excluding carboxylic acids is 1. The molecule has 0 bridgehead atoms. The van der Waals surface area contributed by atoms with Gasteiger partial charge in [-0.05, 0) is 19.3 Å². The fourth-order valence-corrected chi connectivity index (χ4v) is 4.14. The average Bonchev–Trinajstić information content (AvgIpc) is 3.09. The maximum Gasteiger partial charge on any atom is 0.308 e. The topological polar surface area (TPSA) is 91.8 Å². The van der Waals surface area contributed by atoms with E-state index in [-0.39, 0.29) is 30.0 Å². The third kappa shape index (κ3) is 3.46. The molecule has 0 spiro atoms. The van der Waals surface area contributed by atoms with Crippen molar-refractivity contribution in [3.8, 4) is 0 Å². The molecule has 1 N–H and O–H groups in total. The second kappa shape index (κ2) is 5.11. The standard InChI is InChI=1S/C12H19NO5S/c1-8(12(15)16)6-13(10-2-3-10)11(14)9-4-5-19(17,18)7-9/h8-10H,2-7H2,1H3,(H,15,16). The number of aliphatic carboxylic acids is 1. The molecular weight excluding hydrogens is 270 g/mol. The summed E-state index contributed by atoms with van der Waals surface area (Å²) in [5.74, 6) is -2.24. The third-order valence-electron chi connectivity index (χ3n) is 3.74. The smallest absolute Gasteiger partial charge is 0.308 e. The molecule has 0 radical (unpaired) electrons. The van der Waals surface area contributed by atoms with Crippen molar-refractivity contribution in [2.75, 3.05) is 18.1 Å². The lowest BCUT2D eigenvalue weighted by molar-refractivity contribution is -0.144. The number of rotatable bonds is 5. The minimum absolute atomic E-state index is 0.0659. The molecule has 1 saturated carbocycles. The number of amides is 1. The minimum Gasteiger partial charge on any atom is -0.481 e. The molecule has 2 fully saturated rings. The Bertz CT molecular complexity index is 482. The van der Waals surface area contributed by atoms with Gasteiger partial charge in [0.1, 0.15) is 0 Å². The molecule has 2 atom stereocenters. The molecule has 1 amide bonds. The highest BCUT2D eigenvalue weighted by molar-refractivity contribution is 7.91. The van der Waals surface area contributed by atoms with Crippen LogP contribution in [0.5, 0.6) is 0 Å². The van der Waals surface area contributed by atoms with Crippen molar-refractivity contribution in [1.82, 2.24) is 4.90 Å². The lowest BCUT2D eigenvalue weighted by atomic mass is 10.1. The van der Waals surface area contributed by atoms with E-state index in [2.05, 4.69) is 0 Å². The summed E-state index contributed by atoms with van der Waals surface area (Å²) in [6.07, 6.45) is 2.14. The van der Waals surface area contributed by atoms with Crippen LogP contribution in [0.3, 0.4) is 0 Å². The van der Waals surface area contributed by atoms with Crippen LogP contribution >= 0.6 is 0 Å². The SMILES string of the molecule is CC(CN(C(=O)C1CCS(=O)(=O)C1)C1CC1)C(=O)O. The summed E-state index contributed by atoms with van der Waals surface area (Å²) in [7, 11) is -3.09. The number of carbonyl (C=O) groups is 2. The Morgan fingerprint density at radius 2 is 1.95 bits per heavy atom. The van der Waals surface area contributed by atoms with Crippen molar-refractivity contribution in [2.45, 2.75) is 32.2 Å². The Kier molecular flexibility index (Phi) is 3.85. The van der Waals surface area contributed by atoms with E-state index in [1.807, 2.05) is 0 Å². The number of carboxylic acids is 1. The Morgan fingerprint density at radius 1 is 1.32 bits per heavy atom. The lowest BCUT2D eigenvalue weighted by Crippen LogP contribution is -2.42. The second-order valence-corrected chi connectivity index (χ2v) is 7.79. The van der Waals surface area contributed by atoms with Gasteiger partial charge in [-0.2, -0.15) is 0 Å². The molecule has 2 aliphatic rings. The molecule has 1 aliphatic carbocycles. The summed E-state index contributed by atoms with van der Waals surface area (Å²) in [6, 6.07) is 0.109. The van der Waals surface area contributed by atoms with Crippen molar-refractivity contribution in [3.05, 3.63) is 0 Å². The Hall–Kier alpha value is -1.11. The maximum absolute atomic E-state index is 12.3. The van der Waals surface area contributed by atoms with Crippen LogP contribution in [-0.2, 0) is 19.4 Å². The number of carboxylic acid groups (broad SMARTS) is 1. The van der Waals surface area contributed by atoms with Gasteiger partial charge in [-0.1, -0.05) is 6.92 Å². The predicted molar refractivity (Wildman–Crippen MR) is 68.3 cm³/mol. The Balaban J connectivity index is 2.03. The van der Waals surface area contributed by atoms with E-state index in [1.165, 1.54) is 0 Å². The summed E-state index contributed by atoms with van der Waals surface area (Å²) in [5, 5.41) is 8.93. The van der Waals surface area contributed by atoms with Crippen molar-refractivity contribution in [2.24, 2.45) is 11.8 Å². The van der Waals surface area contributed by atoms with Gasteiger partial charge in [-0.3, -0.25) is 9.59 Å². The summed E-state index contributed by atoms with van der Waals surface area (Å²) in [5.41, 5.74) is 0. The fourth-order valence-electron chi connectivity index (χ4n) is 2.40. The molecule has 2 rings (SSSR count). The molecule has 0 aromatic carbocycles. The molecule has 1 aliphatic heterocycles. The van der Waals surface area contributed by atoms with Crippen LogP contribution in [0, 0.1) is 11.8 Å². The first-order chi connectivity index (χ1) is 8.80. The number of sulfone groups is 1. The van der Waals surface area contributed by atoms with Gasteiger partial charge < -0.3 is 10.0 Å². The van der Waals surface area contributed by atoms with Crippen LogP contribution in [0.25, 0.3) is 0 Å². The Labute approximate surface area is 112 Å². The van der Waals surface area contributed by atoms with Crippen LogP contribution in [0.15, 0.2) is 0 Å². The van der Waals surface area contributed by atoms with E-state index in [9.17, 15) is 18.0 Å².